The molecule has 0 amide bonds. The standard InChI is InChI=1S/C15H22N2O/c1-11-6-5-9-17(10-11)13-7-4-8-14(18-3)15(13)12(2)16/h4,6-8,12H,5,9-10,16H2,1-3H3/t12-/m1/s1. The van der Waals surface area contributed by atoms with Crippen molar-refractivity contribution in [2.24, 2.45) is 5.73 Å². The lowest BCUT2D eigenvalue weighted by molar-refractivity contribution is 0.407. The fourth-order valence-corrected chi connectivity index (χ4v) is 2.56. The third-order valence-corrected chi connectivity index (χ3v) is 3.39. The van der Waals surface area contributed by atoms with Crippen LogP contribution in [-0.2, 0) is 0 Å². The Balaban J connectivity index is 2.41. The highest BCUT2D eigenvalue weighted by Crippen LogP contribution is 2.34. The van der Waals surface area contributed by atoms with E-state index in [1.54, 1.807) is 7.11 Å². The molecule has 0 saturated carbocycles. The Bertz CT molecular complexity index is 452. The van der Waals surface area contributed by atoms with E-state index in [4.69, 9.17) is 10.5 Å². The second kappa shape index (κ2) is 5.44. The van der Waals surface area contributed by atoms with Crippen LogP contribution in [0.25, 0.3) is 0 Å². The Labute approximate surface area is 109 Å². The molecule has 0 spiro atoms. The van der Waals surface area contributed by atoms with Crippen molar-refractivity contribution >= 4 is 5.69 Å². The highest BCUT2D eigenvalue weighted by Gasteiger charge is 2.19. The molecular weight excluding hydrogens is 224 g/mol. The third-order valence-electron chi connectivity index (χ3n) is 3.39. The van der Waals surface area contributed by atoms with Gasteiger partial charge in [0.1, 0.15) is 5.75 Å². The van der Waals surface area contributed by atoms with Crippen molar-refractivity contribution < 1.29 is 4.74 Å². The summed E-state index contributed by atoms with van der Waals surface area (Å²) in [6.07, 6.45) is 3.41. The number of hydrogen-bond acceptors (Lipinski definition) is 3. The van der Waals surface area contributed by atoms with Crippen LogP contribution in [-0.4, -0.2) is 20.2 Å². The molecule has 0 saturated heterocycles. The smallest absolute Gasteiger partial charge is 0.125 e. The normalized spacial score (nSPS) is 17.3. The summed E-state index contributed by atoms with van der Waals surface area (Å²) in [5, 5.41) is 0. The van der Waals surface area contributed by atoms with Gasteiger partial charge < -0.3 is 15.4 Å². The minimum absolute atomic E-state index is 0.0256. The third kappa shape index (κ3) is 2.51. The van der Waals surface area contributed by atoms with Crippen LogP contribution in [0.1, 0.15) is 31.9 Å². The maximum atomic E-state index is 6.11. The number of rotatable bonds is 3. The molecule has 1 aliphatic heterocycles. The van der Waals surface area contributed by atoms with Gasteiger partial charge in [0.05, 0.1) is 7.11 Å². The fourth-order valence-electron chi connectivity index (χ4n) is 2.56. The molecule has 2 rings (SSSR count). The van der Waals surface area contributed by atoms with Crippen molar-refractivity contribution in [3.8, 4) is 5.75 Å². The van der Waals surface area contributed by atoms with Crippen LogP contribution >= 0.6 is 0 Å². The van der Waals surface area contributed by atoms with Crippen molar-refractivity contribution in [2.45, 2.75) is 26.3 Å². The lowest BCUT2D eigenvalue weighted by Crippen LogP contribution is -2.30. The maximum absolute atomic E-state index is 6.11. The molecule has 0 bridgehead atoms. The zero-order chi connectivity index (χ0) is 13.1. The predicted molar refractivity (Wildman–Crippen MR) is 76.2 cm³/mol. The summed E-state index contributed by atoms with van der Waals surface area (Å²) in [4.78, 5) is 2.39. The molecule has 0 aromatic heterocycles. The van der Waals surface area contributed by atoms with E-state index >= 15 is 0 Å². The number of methoxy groups -OCH3 is 1. The Hall–Kier alpha value is -1.48. The lowest BCUT2D eigenvalue weighted by atomic mass is 10.0. The molecule has 1 aromatic rings. The molecule has 1 heterocycles. The monoisotopic (exact) mass is 246 g/mol. The number of hydrogen-bond donors (Lipinski definition) is 1. The maximum Gasteiger partial charge on any atom is 0.125 e. The highest BCUT2D eigenvalue weighted by atomic mass is 16.5. The summed E-state index contributed by atoms with van der Waals surface area (Å²) in [5.74, 6) is 0.884. The van der Waals surface area contributed by atoms with Gasteiger partial charge in [-0.3, -0.25) is 0 Å². The lowest BCUT2D eigenvalue weighted by Gasteiger charge is -2.31. The van der Waals surface area contributed by atoms with Crippen LogP contribution < -0.4 is 15.4 Å². The number of anilines is 1. The first-order valence-corrected chi connectivity index (χ1v) is 6.46. The quantitative estimate of drug-likeness (QED) is 0.833. The van der Waals surface area contributed by atoms with Gasteiger partial charge in [-0.05, 0) is 32.4 Å². The molecule has 3 nitrogen and oxygen atoms in total. The molecule has 18 heavy (non-hydrogen) atoms. The molecule has 98 valence electrons. The Morgan fingerprint density at radius 1 is 1.39 bits per heavy atom. The van der Waals surface area contributed by atoms with Gasteiger partial charge in [-0.2, -0.15) is 0 Å². The van der Waals surface area contributed by atoms with E-state index in [-0.39, 0.29) is 6.04 Å². The summed E-state index contributed by atoms with van der Waals surface area (Å²) < 4.78 is 5.44. The van der Waals surface area contributed by atoms with Gasteiger partial charge in [0.25, 0.3) is 0 Å². The van der Waals surface area contributed by atoms with E-state index in [2.05, 4.69) is 24.0 Å². The zero-order valence-electron chi connectivity index (χ0n) is 11.4. The molecule has 0 unspecified atom stereocenters. The zero-order valence-corrected chi connectivity index (χ0v) is 11.4. The number of ether oxygens (including phenoxy) is 1. The average molecular weight is 246 g/mol. The Morgan fingerprint density at radius 2 is 2.17 bits per heavy atom. The van der Waals surface area contributed by atoms with E-state index in [0.29, 0.717) is 0 Å². The molecule has 3 heteroatoms. The van der Waals surface area contributed by atoms with Crippen LogP contribution in [0.3, 0.4) is 0 Å². The summed E-state index contributed by atoms with van der Waals surface area (Å²) in [6.45, 7) is 6.21. The first-order chi connectivity index (χ1) is 8.63. The van der Waals surface area contributed by atoms with Gasteiger partial charge in [0.15, 0.2) is 0 Å². The molecule has 0 radical (unpaired) electrons. The average Bonchev–Trinajstić information content (AvgIpc) is 2.37. The number of nitrogens with two attached hydrogens (primary N) is 1. The molecule has 2 N–H and O–H groups in total. The largest absolute Gasteiger partial charge is 0.496 e. The van der Waals surface area contributed by atoms with Crippen LogP contribution in [0.2, 0.25) is 0 Å². The minimum atomic E-state index is -0.0256. The summed E-state index contributed by atoms with van der Waals surface area (Å²) in [5.41, 5.74) is 9.84. The minimum Gasteiger partial charge on any atom is -0.496 e. The molecule has 0 fully saturated rings. The summed E-state index contributed by atoms with van der Waals surface area (Å²) >= 11 is 0. The van der Waals surface area contributed by atoms with E-state index in [1.807, 2.05) is 19.1 Å². The van der Waals surface area contributed by atoms with Crippen molar-refractivity contribution in [1.29, 1.82) is 0 Å². The molecule has 1 atom stereocenters. The topological polar surface area (TPSA) is 38.5 Å². The van der Waals surface area contributed by atoms with Gasteiger partial charge in [0, 0.05) is 30.4 Å². The van der Waals surface area contributed by atoms with Crippen molar-refractivity contribution in [1.82, 2.24) is 0 Å². The molecule has 1 aromatic carbocycles. The predicted octanol–water partition coefficient (Wildman–Crippen LogP) is 2.87. The second-order valence-corrected chi connectivity index (χ2v) is 4.94. The van der Waals surface area contributed by atoms with Crippen molar-refractivity contribution in [3.05, 3.63) is 35.4 Å². The van der Waals surface area contributed by atoms with Crippen molar-refractivity contribution in [3.63, 3.8) is 0 Å². The van der Waals surface area contributed by atoms with Crippen LogP contribution in [0.4, 0.5) is 5.69 Å². The van der Waals surface area contributed by atoms with Gasteiger partial charge >= 0.3 is 0 Å². The molecule has 0 aliphatic carbocycles. The Morgan fingerprint density at radius 3 is 2.78 bits per heavy atom. The van der Waals surface area contributed by atoms with E-state index < -0.39 is 0 Å². The highest BCUT2D eigenvalue weighted by molar-refractivity contribution is 5.61. The second-order valence-electron chi connectivity index (χ2n) is 4.94. The molecule has 1 aliphatic rings. The number of nitrogens with zero attached hydrogens (tertiary/aromatic N) is 1. The fraction of sp³-hybridized carbons (Fsp3) is 0.467. The van der Waals surface area contributed by atoms with E-state index in [0.717, 1.165) is 30.8 Å². The van der Waals surface area contributed by atoms with Gasteiger partial charge in [0.2, 0.25) is 0 Å². The van der Waals surface area contributed by atoms with Gasteiger partial charge in [-0.25, -0.2) is 0 Å². The van der Waals surface area contributed by atoms with Gasteiger partial charge in [-0.1, -0.05) is 17.7 Å². The SMILES string of the molecule is COc1cccc(N2CCC=C(C)C2)c1[C@@H](C)N. The first kappa shape index (κ1) is 13.0. The van der Waals surface area contributed by atoms with E-state index in [9.17, 15) is 0 Å². The van der Waals surface area contributed by atoms with Crippen LogP contribution in [0.15, 0.2) is 29.8 Å². The summed E-state index contributed by atoms with van der Waals surface area (Å²) in [6, 6.07) is 6.13. The Kier molecular flexibility index (Phi) is 3.92. The van der Waals surface area contributed by atoms with Crippen LogP contribution in [0.5, 0.6) is 5.75 Å². The number of benzene rings is 1. The molecular formula is C15H22N2O. The van der Waals surface area contributed by atoms with Crippen LogP contribution in [0, 0.1) is 0 Å². The first-order valence-electron chi connectivity index (χ1n) is 6.46. The van der Waals surface area contributed by atoms with E-state index in [1.165, 1.54) is 11.3 Å². The van der Waals surface area contributed by atoms with Crippen molar-refractivity contribution in [2.75, 3.05) is 25.1 Å². The van der Waals surface area contributed by atoms with Gasteiger partial charge in [-0.15, -0.1) is 0 Å². The summed E-state index contributed by atoms with van der Waals surface area (Å²) in [7, 11) is 1.70.